The van der Waals surface area contributed by atoms with Gasteiger partial charge in [-0.05, 0) is 48.5 Å². The molecular weight excluding hydrogens is 368 g/mol. The topological polar surface area (TPSA) is 58.2 Å². The van der Waals surface area contributed by atoms with Gasteiger partial charge in [-0.15, -0.1) is 0 Å². The molecule has 0 heterocycles. The first kappa shape index (κ1) is 16.5. The molecule has 22 heavy (non-hydrogen) atoms. The van der Waals surface area contributed by atoms with Crippen molar-refractivity contribution in [1.29, 1.82) is 0 Å². The van der Waals surface area contributed by atoms with Crippen molar-refractivity contribution in [3.63, 3.8) is 0 Å². The Labute approximate surface area is 142 Å². The summed E-state index contributed by atoms with van der Waals surface area (Å²) >= 11 is 9.08. The Morgan fingerprint density at radius 2 is 1.23 bits per heavy atom. The third kappa shape index (κ3) is 4.86. The van der Waals surface area contributed by atoms with Crippen LogP contribution < -0.4 is 10.6 Å². The Morgan fingerprint density at radius 3 is 1.68 bits per heavy atom. The van der Waals surface area contributed by atoms with E-state index < -0.39 is 0 Å². The SMILES string of the molecule is O=C(NCCNC(=O)c1ccc(Br)cc1)c1ccc(Cl)cc1. The van der Waals surface area contributed by atoms with Gasteiger partial charge in [-0.25, -0.2) is 0 Å². The van der Waals surface area contributed by atoms with Crippen molar-refractivity contribution < 1.29 is 9.59 Å². The van der Waals surface area contributed by atoms with Crippen LogP contribution in [0.25, 0.3) is 0 Å². The molecule has 2 rings (SSSR count). The molecule has 2 N–H and O–H groups in total. The van der Waals surface area contributed by atoms with E-state index in [4.69, 9.17) is 11.6 Å². The number of benzene rings is 2. The van der Waals surface area contributed by atoms with Crippen LogP contribution in [-0.2, 0) is 0 Å². The van der Waals surface area contributed by atoms with E-state index >= 15 is 0 Å². The maximum atomic E-state index is 11.9. The Bertz CT molecular complexity index is 597. The van der Waals surface area contributed by atoms with Gasteiger partial charge in [-0.3, -0.25) is 9.59 Å². The van der Waals surface area contributed by atoms with Gasteiger partial charge in [0.2, 0.25) is 0 Å². The van der Waals surface area contributed by atoms with Gasteiger partial charge in [0.05, 0.1) is 0 Å². The molecule has 0 fully saturated rings. The summed E-state index contributed by atoms with van der Waals surface area (Å²) in [5, 5.41) is 6.06. The molecule has 0 unspecified atom stereocenters. The number of amides is 2. The van der Waals surface area contributed by atoms with Crippen LogP contribution in [0.4, 0.5) is 0 Å². The summed E-state index contributed by atoms with van der Waals surface area (Å²) in [4.78, 5) is 23.7. The quantitative estimate of drug-likeness (QED) is 0.781. The van der Waals surface area contributed by atoms with Crippen LogP contribution in [0.1, 0.15) is 20.7 Å². The van der Waals surface area contributed by atoms with Crippen LogP contribution in [-0.4, -0.2) is 24.9 Å². The lowest BCUT2D eigenvalue weighted by molar-refractivity contribution is 0.0927. The van der Waals surface area contributed by atoms with E-state index in [-0.39, 0.29) is 11.8 Å². The lowest BCUT2D eigenvalue weighted by Gasteiger charge is -2.07. The molecule has 0 saturated carbocycles. The van der Waals surface area contributed by atoms with Crippen molar-refractivity contribution in [2.75, 3.05) is 13.1 Å². The number of hydrogen-bond acceptors (Lipinski definition) is 2. The molecule has 6 heteroatoms. The van der Waals surface area contributed by atoms with E-state index in [1.54, 1.807) is 48.5 Å². The minimum absolute atomic E-state index is 0.173. The van der Waals surface area contributed by atoms with E-state index in [1.165, 1.54) is 0 Å². The van der Waals surface area contributed by atoms with Crippen molar-refractivity contribution in [2.24, 2.45) is 0 Å². The molecule has 114 valence electrons. The number of carbonyl (C=O) groups excluding carboxylic acids is 2. The molecule has 0 aliphatic carbocycles. The Kier molecular flexibility index (Phi) is 5.98. The van der Waals surface area contributed by atoms with Crippen LogP contribution in [0.2, 0.25) is 5.02 Å². The van der Waals surface area contributed by atoms with Gasteiger partial charge in [0.25, 0.3) is 11.8 Å². The summed E-state index contributed by atoms with van der Waals surface area (Å²) < 4.78 is 0.916. The molecule has 0 saturated heterocycles. The second-order valence-corrected chi connectivity index (χ2v) is 5.88. The minimum Gasteiger partial charge on any atom is -0.350 e. The first-order chi connectivity index (χ1) is 10.6. The second kappa shape index (κ2) is 7.96. The van der Waals surface area contributed by atoms with E-state index in [0.29, 0.717) is 29.2 Å². The van der Waals surface area contributed by atoms with Crippen molar-refractivity contribution in [1.82, 2.24) is 10.6 Å². The maximum absolute atomic E-state index is 11.9. The van der Waals surface area contributed by atoms with Crippen LogP contribution in [0.5, 0.6) is 0 Å². The highest BCUT2D eigenvalue weighted by Crippen LogP contribution is 2.10. The van der Waals surface area contributed by atoms with Crippen LogP contribution in [0.15, 0.2) is 53.0 Å². The van der Waals surface area contributed by atoms with Crippen molar-refractivity contribution >= 4 is 39.3 Å². The van der Waals surface area contributed by atoms with Gasteiger partial charge >= 0.3 is 0 Å². The highest BCUT2D eigenvalue weighted by Gasteiger charge is 2.06. The van der Waals surface area contributed by atoms with Gasteiger partial charge in [0.1, 0.15) is 0 Å². The van der Waals surface area contributed by atoms with Crippen molar-refractivity contribution in [2.45, 2.75) is 0 Å². The smallest absolute Gasteiger partial charge is 0.251 e. The van der Waals surface area contributed by atoms with E-state index in [2.05, 4.69) is 26.6 Å². The highest BCUT2D eigenvalue weighted by molar-refractivity contribution is 9.10. The molecule has 0 aliphatic heterocycles. The molecule has 0 bridgehead atoms. The number of hydrogen-bond donors (Lipinski definition) is 2. The van der Waals surface area contributed by atoms with Crippen molar-refractivity contribution in [3.8, 4) is 0 Å². The molecule has 0 radical (unpaired) electrons. The highest BCUT2D eigenvalue weighted by atomic mass is 79.9. The molecule has 4 nitrogen and oxygen atoms in total. The molecular formula is C16H14BrClN2O2. The fourth-order valence-electron chi connectivity index (χ4n) is 1.76. The Hall–Kier alpha value is -1.85. The summed E-state index contributed by atoms with van der Waals surface area (Å²) in [7, 11) is 0. The predicted molar refractivity (Wildman–Crippen MR) is 90.3 cm³/mol. The molecule has 0 aromatic heterocycles. The fraction of sp³-hybridized carbons (Fsp3) is 0.125. The summed E-state index contributed by atoms with van der Waals surface area (Å²) in [5.74, 6) is -0.372. The summed E-state index contributed by atoms with van der Waals surface area (Å²) in [6.45, 7) is 0.706. The van der Waals surface area contributed by atoms with Crippen LogP contribution in [0.3, 0.4) is 0 Å². The standard InChI is InChI=1S/C16H14BrClN2O2/c17-13-5-1-11(2-6-13)15(21)19-9-10-20-16(22)12-3-7-14(18)8-4-12/h1-8H,9-10H2,(H,19,21)(H,20,22). The molecule has 0 aliphatic rings. The summed E-state index contributed by atoms with van der Waals surface area (Å²) in [5.41, 5.74) is 1.11. The Morgan fingerprint density at radius 1 is 0.818 bits per heavy atom. The lowest BCUT2D eigenvalue weighted by Crippen LogP contribution is -2.34. The molecule has 2 amide bonds. The van der Waals surface area contributed by atoms with Gasteiger partial charge in [0.15, 0.2) is 0 Å². The first-order valence-corrected chi connectivity index (χ1v) is 7.81. The van der Waals surface area contributed by atoms with Crippen LogP contribution >= 0.6 is 27.5 Å². The largest absolute Gasteiger partial charge is 0.350 e. The average Bonchev–Trinajstić information content (AvgIpc) is 2.52. The van der Waals surface area contributed by atoms with Gasteiger partial charge in [-0.1, -0.05) is 27.5 Å². The number of carbonyl (C=O) groups is 2. The molecule has 2 aromatic carbocycles. The summed E-state index contributed by atoms with van der Waals surface area (Å²) in [6, 6.07) is 13.7. The minimum atomic E-state index is -0.199. The monoisotopic (exact) mass is 380 g/mol. The van der Waals surface area contributed by atoms with Crippen LogP contribution in [0, 0.1) is 0 Å². The molecule has 2 aromatic rings. The fourth-order valence-corrected chi connectivity index (χ4v) is 2.15. The normalized spacial score (nSPS) is 10.1. The third-order valence-corrected chi connectivity index (χ3v) is 3.69. The zero-order chi connectivity index (χ0) is 15.9. The van der Waals surface area contributed by atoms with Crippen molar-refractivity contribution in [3.05, 3.63) is 69.2 Å². The average molecular weight is 382 g/mol. The van der Waals surface area contributed by atoms with Gasteiger partial charge in [0, 0.05) is 33.7 Å². The van der Waals surface area contributed by atoms with Gasteiger partial charge in [-0.2, -0.15) is 0 Å². The van der Waals surface area contributed by atoms with E-state index in [0.717, 1.165) is 4.47 Å². The zero-order valence-corrected chi connectivity index (χ0v) is 13.9. The Balaban J connectivity index is 1.74. The third-order valence-electron chi connectivity index (χ3n) is 2.91. The molecule has 0 atom stereocenters. The second-order valence-electron chi connectivity index (χ2n) is 4.53. The number of nitrogens with one attached hydrogen (secondary N) is 2. The van der Waals surface area contributed by atoms with E-state index in [1.807, 2.05) is 0 Å². The molecule has 0 spiro atoms. The van der Waals surface area contributed by atoms with E-state index in [9.17, 15) is 9.59 Å². The number of rotatable bonds is 5. The predicted octanol–water partition coefficient (Wildman–Crippen LogP) is 3.26. The first-order valence-electron chi connectivity index (χ1n) is 6.64. The maximum Gasteiger partial charge on any atom is 0.251 e. The lowest BCUT2D eigenvalue weighted by atomic mass is 10.2. The summed E-state index contributed by atoms with van der Waals surface area (Å²) in [6.07, 6.45) is 0. The number of halogens is 2. The zero-order valence-electron chi connectivity index (χ0n) is 11.6. The van der Waals surface area contributed by atoms with Gasteiger partial charge < -0.3 is 10.6 Å².